The van der Waals surface area contributed by atoms with Crippen molar-refractivity contribution in [2.75, 3.05) is 5.32 Å². The summed E-state index contributed by atoms with van der Waals surface area (Å²) in [4.78, 5) is 15.7. The average molecular weight is 247 g/mol. The van der Waals surface area contributed by atoms with Gasteiger partial charge in [-0.1, -0.05) is 0 Å². The van der Waals surface area contributed by atoms with E-state index >= 15 is 0 Å². The lowest BCUT2D eigenvalue weighted by Crippen LogP contribution is -2.27. The number of fused-ring (bicyclic) bond motifs is 1. The molecular formula is C11H10FN5O. The van der Waals surface area contributed by atoms with Crippen LogP contribution in [0.5, 0.6) is 0 Å². The molecule has 3 N–H and O–H groups in total. The van der Waals surface area contributed by atoms with Crippen LogP contribution in [0.4, 0.5) is 10.1 Å². The molecule has 1 aliphatic heterocycles. The fourth-order valence-electron chi connectivity index (χ4n) is 1.95. The minimum Gasteiger partial charge on any atom is -0.324 e. The van der Waals surface area contributed by atoms with Gasteiger partial charge in [0.2, 0.25) is 5.91 Å². The lowest BCUT2D eigenvalue weighted by molar-refractivity contribution is -0.117. The second-order valence-electron chi connectivity index (χ2n) is 3.97. The van der Waals surface area contributed by atoms with Gasteiger partial charge in [0.15, 0.2) is 0 Å². The molecule has 1 amide bonds. The van der Waals surface area contributed by atoms with Crippen molar-refractivity contribution >= 4 is 11.6 Å². The summed E-state index contributed by atoms with van der Waals surface area (Å²) < 4.78 is 13.2. The molecule has 1 atom stereocenters. The van der Waals surface area contributed by atoms with E-state index in [0.717, 1.165) is 0 Å². The Kier molecular flexibility index (Phi) is 2.52. The molecule has 18 heavy (non-hydrogen) atoms. The summed E-state index contributed by atoms with van der Waals surface area (Å²) in [6.45, 7) is 0.355. The molecule has 2 heterocycles. The van der Waals surface area contributed by atoms with Crippen LogP contribution in [0.2, 0.25) is 0 Å². The topological polar surface area (TPSA) is 82.7 Å². The predicted molar refractivity (Wildman–Crippen MR) is 61.0 cm³/mol. The van der Waals surface area contributed by atoms with Gasteiger partial charge in [-0.3, -0.25) is 15.2 Å². The number of amides is 1. The van der Waals surface area contributed by atoms with Crippen LogP contribution in [0.1, 0.15) is 17.4 Å². The minimum absolute atomic E-state index is 0.199. The number of aromatic amines is 1. The van der Waals surface area contributed by atoms with Crippen LogP contribution in [-0.4, -0.2) is 21.1 Å². The number of nitrogens with zero attached hydrogens (tertiary/aromatic N) is 2. The molecule has 1 aromatic heterocycles. The Hall–Kier alpha value is -2.28. The number of anilines is 1. The Morgan fingerprint density at radius 3 is 3.11 bits per heavy atom. The van der Waals surface area contributed by atoms with Gasteiger partial charge in [0.05, 0.1) is 6.54 Å². The van der Waals surface area contributed by atoms with Crippen molar-refractivity contribution in [1.29, 1.82) is 0 Å². The lowest BCUT2D eigenvalue weighted by Gasteiger charge is -2.09. The molecule has 1 aromatic carbocycles. The summed E-state index contributed by atoms with van der Waals surface area (Å²) >= 11 is 0. The van der Waals surface area contributed by atoms with Crippen LogP contribution < -0.4 is 10.6 Å². The van der Waals surface area contributed by atoms with Crippen LogP contribution >= 0.6 is 0 Å². The van der Waals surface area contributed by atoms with Gasteiger partial charge in [-0.05, 0) is 18.2 Å². The maximum Gasteiger partial charge on any atom is 0.246 e. The molecule has 6 nitrogen and oxygen atoms in total. The smallest absolute Gasteiger partial charge is 0.246 e. The third-order valence-corrected chi connectivity index (χ3v) is 2.78. The first kappa shape index (κ1) is 10.8. The van der Waals surface area contributed by atoms with Crippen LogP contribution in [0.25, 0.3) is 0 Å². The Morgan fingerprint density at radius 1 is 1.44 bits per heavy atom. The van der Waals surface area contributed by atoms with E-state index in [0.29, 0.717) is 23.6 Å². The Morgan fingerprint density at radius 2 is 2.33 bits per heavy atom. The van der Waals surface area contributed by atoms with Gasteiger partial charge in [-0.2, -0.15) is 5.10 Å². The summed E-state index contributed by atoms with van der Waals surface area (Å²) in [6.07, 6.45) is 1.39. The number of nitrogens with one attached hydrogen (secondary N) is 3. The third kappa shape index (κ3) is 1.84. The largest absolute Gasteiger partial charge is 0.324 e. The quantitative estimate of drug-likeness (QED) is 0.746. The van der Waals surface area contributed by atoms with Crippen LogP contribution in [0, 0.1) is 5.82 Å². The number of hydrogen-bond acceptors (Lipinski definition) is 4. The normalized spacial score (nSPS) is 17.6. The molecule has 7 heteroatoms. The van der Waals surface area contributed by atoms with Crippen LogP contribution in [-0.2, 0) is 11.3 Å². The molecule has 92 valence electrons. The van der Waals surface area contributed by atoms with Crippen molar-refractivity contribution in [3.8, 4) is 0 Å². The van der Waals surface area contributed by atoms with Gasteiger partial charge >= 0.3 is 0 Å². The number of H-pyrrole nitrogens is 1. The lowest BCUT2D eigenvalue weighted by atomic mass is 10.1. The highest BCUT2D eigenvalue weighted by Gasteiger charge is 2.30. The standard InChI is InChI=1S/C11H10FN5O/c12-6-1-2-8-7(3-6)10(11(18)16-8)13-4-9-14-5-15-17-9/h1-3,5,10,13H,4H2,(H,16,18)(H,14,15,17). The van der Waals surface area contributed by atoms with Gasteiger partial charge in [-0.25, -0.2) is 9.37 Å². The van der Waals surface area contributed by atoms with Crippen LogP contribution in [0.3, 0.4) is 0 Å². The molecule has 0 spiro atoms. The van der Waals surface area contributed by atoms with Crippen molar-refractivity contribution in [2.24, 2.45) is 0 Å². The molecule has 2 aromatic rings. The molecule has 0 fully saturated rings. The van der Waals surface area contributed by atoms with Crippen molar-refractivity contribution < 1.29 is 9.18 Å². The summed E-state index contributed by atoms with van der Waals surface area (Å²) in [5.41, 5.74) is 1.25. The number of benzene rings is 1. The van der Waals surface area contributed by atoms with E-state index in [2.05, 4.69) is 25.8 Å². The van der Waals surface area contributed by atoms with Gasteiger partial charge < -0.3 is 5.32 Å². The Labute approximate surface area is 102 Å². The van der Waals surface area contributed by atoms with Gasteiger partial charge in [0, 0.05) is 11.3 Å². The van der Waals surface area contributed by atoms with E-state index < -0.39 is 6.04 Å². The van der Waals surface area contributed by atoms with E-state index in [1.165, 1.54) is 18.5 Å². The van der Waals surface area contributed by atoms with Crippen LogP contribution in [0.15, 0.2) is 24.5 Å². The van der Waals surface area contributed by atoms with Crippen molar-refractivity contribution in [1.82, 2.24) is 20.5 Å². The molecule has 3 rings (SSSR count). The summed E-state index contributed by atoms with van der Waals surface area (Å²) in [5.74, 6) is 0.0551. The highest BCUT2D eigenvalue weighted by molar-refractivity contribution is 6.02. The second-order valence-corrected chi connectivity index (χ2v) is 3.97. The SMILES string of the molecule is O=C1Nc2ccc(F)cc2C1NCc1ncn[nH]1. The summed E-state index contributed by atoms with van der Waals surface area (Å²) in [7, 11) is 0. The third-order valence-electron chi connectivity index (χ3n) is 2.78. The van der Waals surface area contributed by atoms with Crippen molar-refractivity contribution in [3.63, 3.8) is 0 Å². The number of rotatable bonds is 3. The summed E-state index contributed by atoms with van der Waals surface area (Å²) in [6, 6.07) is 3.66. The summed E-state index contributed by atoms with van der Waals surface area (Å²) in [5, 5.41) is 12.1. The Balaban J connectivity index is 1.80. The van der Waals surface area contributed by atoms with Gasteiger partial charge in [0.25, 0.3) is 0 Å². The first-order chi connectivity index (χ1) is 8.74. The monoisotopic (exact) mass is 247 g/mol. The number of carbonyl (C=O) groups is 1. The van der Waals surface area contributed by atoms with E-state index in [1.54, 1.807) is 6.07 Å². The molecule has 0 bridgehead atoms. The molecule has 0 saturated heterocycles. The molecule has 1 aliphatic rings. The zero-order chi connectivity index (χ0) is 12.5. The predicted octanol–water partition coefficient (Wildman–Crippen LogP) is 0.727. The van der Waals surface area contributed by atoms with Crippen molar-refractivity contribution in [3.05, 3.63) is 41.7 Å². The van der Waals surface area contributed by atoms with E-state index in [4.69, 9.17) is 0 Å². The number of halogens is 1. The molecular weight excluding hydrogens is 237 g/mol. The number of aromatic nitrogens is 3. The molecule has 0 saturated carbocycles. The first-order valence-electron chi connectivity index (χ1n) is 5.42. The first-order valence-corrected chi connectivity index (χ1v) is 5.42. The van der Waals surface area contributed by atoms with Gasteiger partial charge in [0.1, 0.15) is 24.0 Å². The molecule has 1 unspecified atom stereocenters. The van der Waals surface area contributed by atoms with E-state index in [1.807, 2.05) is 0 Å². The fourth-order valence-corrected chi connectivity index (χ4v) is 1.95. The molecule has 0 radical (unpaired) electrons. The highest BCUT2D eigenvalue weighted by atomic mass is 19.1. The van der Waals surface area contributed by atoms with E-state index in [-0.39, 0.29) is 11.7 Å². The second kappa shape index (κ2) is 4.19. The zero-order valence-corrected chi connectivity index (χ0v) is 9.27. The van der Waals surface area contributed by atoms with Gasteiger partial charge in [-0.15, -0.1) is 0 Å². The molecule has 0 aliphatic carbocycles. The number of hydrogen-bond donors (Lipinski definition) is 3. The maximum atomic E-state index is 13.2. The average Bonchev–Trinajstić information content (AvgIpc) is 2.94. The van der Waals surface area contributed by atoms with Crippen molar-refractivity contribution in [2.45, 2.75) is 12.6 Å². The zero-order valence-electron chi connectivity index (χ0n) is 9.27. The Bertz CT molecular complexity index is 583. The maximum absolute atomic E-state index is 13.2. The number of carbonyl (C=O) groups excluding carboxylic acids is 1. The minimum atomic E-state index is -0.569. The fraction of sp³-hybridized carbons (Fsp3) is 0.182. The van der Waals surface area contributed by atoms with E-state index in [9.17, 15) is 9.18 Å². The highest BCUT2D eigenvalue weighted by Crippen LogP contribution is 2.31.